The first-order chi connectivity index (χ1) is 12.5. The van der Waals surface area contributed by atoms with Crippen LogP contribution in [0.2, 0.25) is 0 Å². The predicted octanol–water partition coefficient (Wildman–Crippen LogP) is 4.85. The number of aliphatic carboxylic acids is 1. The molecular formula is C21H17FO4. The van der Waals surface area contributed by atoms with Crippen molar-refractivity contribution in [2.45, 2.75) is 25.7 Å². The number of fused-ring (bicyclic) bond motifs is 1. The summed E-state index contributed by atoms with van der Waals surface area (Å²) in [5.74, 6) is -0.526. The molecule has 26 heavy (non-hydrogen) atoms. The highest BCUT2D eigenvalue weighted by molar-refractivity contribution is 6.00. The zero-order valence-electron chi connectivity index (χ0n) is 14.0. The Bertz CT molecular complexity index is 1010. The van der Waals surface area contributed by atoms with Crippen LogP contribution in [-0.2, 0) is 11.2 Å². The minimum atomic E-state index is -0.884. The van der Waals surface area contributed by atoms with Crippen LogP contribution in [0.3, 0.4) is 0 Å². The van der Waals surface area contributed by atoms with Crippen LogP contribution >= 0.6 is 0 Å². The Balaban J connectivity index is 1.68. The normalized spacial score (nSPS) is 13.9. The summed E-state index contributed by atoms with van der Waals surface area (Å²) in [6, 6.07) is 11.6. The lowest BCUT2D eigenvalue weighted by atomic mass is 9.98. The van der Waals surface area contributed by atoms with Crippen molar-refractivity contribution in [3.05, 3.63) is 59.6 Å². The maximum absolute atomic E-state index is 14.4. The number of carbonyl (C=O) groups excluding carboxylic acids is 1. The van der Waals surface area contributed by atoms with Gasteiger partial charge < -0.3 is 9.52 Å². The maximum atomic E-state index is 14.4. The van der Waals surface area contributed by atoms with Crippen LogP contribution in [0.1, 0.15) is 35.4 Å². The Kier molecular flexibility index (Phi) is 4.07. The van der Waals surface area contributed by atoms with E-state index in [0.29, 0.717) is 34.5 Å². The van der Waals surface area contributed by atoms with E-state index in [1.165, 1.54) is 6.07 Å². The highest BCUT2D eigenvalue weighted by atomic mass is 19.1. The van der Waals surface area contributed by atoms with Gasteiger partial charge in [-0.3, -0.25) is 9.59 Å². The minimum absolute atomic E-state index is 0.00731. The molecule has 0 radical (unpaired) electrons. The third-order valence-corrected chi connectivity index (χ3v) is 4.66. The number of hydrogen-bond donors (Lipinski definition) is 1. The highest BCUT2D eigenvalue weighted by Gasteiger charge is 2.30. The van der Waals surface area contributed by atoms with Gasteiger partial charge in [0.2, 0.25) is 0 Å². The molecule has 1 aliphatic carbocycles. The number of halogens is 1. The van der Waals surface area contributed by atoms with E-state index in [4.69, 9.17) is 9.52 Å². The van der Waals surface area contributed by atoms with E-state index in [1.807, 2.05) is 0 Å². The summed E-state index contributed by atoms with van der Waals surface area (Å²) in [6.45, 7) is 0. The molecule has 0 saturated heterocycles. The van der Waals surface area contributed by atoms with Crippen molar-refractivity contribution in [2.75, 3.05) is 0 Å². The van der Waals surface area contributed by atoms with Crippen molar-refractivity contribution >= 4 is 22.7 Å². The third-order valence-electron chi connectivity index (χ3n) is 4.66. The number of carbonyl (C=O) groups is 2. The maximum Gasteiger partial charge on any atom is 0.303 e. The molecule has 4 nitrogen and oxygen atoms in total. The van der Waals surface area contributed by atoms with Crippen LogP contribution in [0.5, 0.6) is 0 Å². The van der Waals surface area contributed by atoms with E-state index in [0.717, 1.165) is 18.2 Å². The van der Waals surface area contributed by atoms with Gasteiger partial charge in [0, 0.05) is 28.9 Å². The van der Waals surface area contributed by atoms with Crippen LogP contribution in [0.25, 0.3) is 22.1 Å². The molecule has 5 heteroatoms. The van der Waals surface area contributed by atoms with Gasteiger partial charge in [0.05, 0.1) is 6.42 Å². The van der Waals surface area contributed by atoms with Crippen LogP contribution in [0.4, 0.5) is 4.39 Å². The standard InChI is InChI=1S/C21H17FO4/c22-18-6-3-14(21(25)12-1-2-12)11-17(18)13-4-7-19-15(9-13)10-16(26-19)5-8-20(23)24/h3-4,6-7,9-12H,1-2,5,8H2,(H,23,24). The lowest BCUT2D eigenvalue weighted by Gasteiger charge is -2.07. The number of Topliss-reactive ketones (excluding diaryl/α,β-unsaturated/α-hetero) is 1. The van der Waals surface area contributed by atoms with E-state index in [9.17, 15) is 14.0 Å². The molecule has 0 atom stereocenters. The second kappa shape index (κ2) is 6.41. The zero-order valence-corrected chi connectivity index (χ0v) is 14.0. The minimum Gasteiger partial charge on any atom is -0.481 e. The Morgan fingerprint density at radius 1 is 1.12 bits per heavy atom. The summed E-state index contributed by atoms with van der Waals surface area (Å²) in [6.07, 6.45) is 2.11. The van der Waals surface area contributed by atoms with Crippen molar-refractivity contribution in [1.82, 2.24) is 0 Å². The number of hydrogen-bond acceptors (Lipinski definition) is 3. The molecule has 1 fully saturated rings. The van der Waals surface area contributed by atoms with Gasteiger partial charge in [0.1, 0.15) is 17.2 Å². The molecule has 0 aliphatic heterocycles. The van der Waals surface area contributed by atoms with Crippen molar-refractivity contribution in [1.29, 1.82) is 0 Å². The second-order valence-corrected chi connectivity index (χ2v) is 6.69. The van der Waals surface area contributed by atoms with E-state index < -0.39 is 5.97 Å². The highest BCUT2D eigenvalue weighted by Crippen LogP contribution is 2.35. The number of carboxylic acid groups (broad SMARTS) is 1. The molecule has 1 aromatic heterocycles. The van der Waals surface area contributed by atoms with Gasteiger partial charge >= 0.3 is 5.97 Å². The number of ketones is 1. The van der Waals surface area contributed by atoms with Gasteiger partial charge in [-0.15, -0.1) is 0 Å². The summed E-state index contributed by atoms with van der Waals surface area (Å²) in [5.41, 5.74) is 2.20. The molecule has 1 aliphatic rings. The van der Waals surface area contributed by atoms with E-state index >= 15 is 0 Å². The fourth-order valence-corrected chi connectivity index (χ4v) is 3.10. The number of rotatable bonds is 6. The lowest BCUT2D eigenvalue weighted by molar-refractivity contribution is -0.137. The van der Waals surface area contributed by atoms with E-state index in [1.54, 1.807) is 36.4 Å². The summed E-state index contributed by atoms with van der Waals surface area (Å²) in [7, 11) is 0. The van der Waals surface area contributed by atoms with Crippen LogP contribution in [-0.4, -0.2) is 16.9 Å². The smallest absolute Gasteiger partial charge is 0.303 e. The molecule has 0 unspecified atom stereocenters. The lowest BCUT2D eigenvalue weighted by Crippen LogP contribution is -2.02. The predicted molar refractivity (Wildman–Crippen MR) is 94.6 cm³/mol. The Morgan fingerprint density at radius 3 is 2.65 bits per heavy atom. The summed E-state index contributed by atoms with van der Waals surface area (Å²) < 4.78 is 20.0. The Labute approximate surface area is 149 Å². The topological polar surface area (TPSA) is 67.5 Å². The summed E-state index contributed by atoms with van der Waals surface area (Å²) >= 11 is 0. The molecular weight excluding hydrogens is 335 g/mol. The van der Waals surface area contributed by atoms with Gasteiger partial charge in [-0.25, -0.2) is 4.39 Å². The molecule has 132 valence electrons. The number of carboxylic acids is 1. The molecule has 1 N–H and O–H groups in total. The van der Waals surface area contributed by atoms with Gasteiger partial charge in [-0.05, 0) is 54.8 Å². The molecule has 0 bridgehead atoms. The molecule has 0 spiro atoms. The Morgan fingerprint density at radius 2 is 1.92 bits per heavy atom. The number of benzene rings is 2. The molecule has 3 aromatic rings. The zero-order chi connectivity index (χ0) is 18.3. The van der Waals surface area contributed by atoms with Crippen LogP contribution < -0.4 is 0 Å². The average molecular weight is 352 g/mol. The van der Waals surface area contributed by atoms with Crippen molar-refractivity contribution in [2.24, 2.45) is 5.92 Å². The molecule has 2 aromatic carbocycles. The molecule has 4 rings (SSSR count). The third kappa shape index (κ3) is 3.25. The fourth-order valence-electron chi connectivity index (χ4n) is 3.10. The molecule has 0 amide bonds. The SMILES string of the molecule is O=C(O)CCc1cc2cc(-c3cc(C(=O)C4CC4)ccc3F)ccc2o1. The molecule has 1 heterocycles. The first-order valence-electron chi connectivity index (χ1n) is 8.59. The van der Waals surface area contributed by atoms with E-state index in [-0.39, 0.29) is 23.9 Å². The van der Waals surface area contributed by atoms with Crippen LogP contribution in [0.15, 0.2) is 46.9 Å². The van der Waals surface area contributed by atoms with Gasteiger partial charge in [-0.2, -0.15) is 0 Å². The van der Waals surface area contributed by atoms with Crippen molar-refractivity contribution in [3.8, 4) is 11.1 Å². The number of aryl methyl sites for hydroxylation is 1. The largest absolute Gasteiger partial charge is 0.481 e. The molecule has 1 saturated carbocycles. The average Bonchev–Trinajstić information content (AvgIpc) is 3.39. The first kappa shape index (κ1) is 16.5. The second-order valence-electron chi connectivity index (χ2n) is 6.69. The quantitative estimate of drug-likeness (QED) is 0.644. The van der Waals surface area contributed by atoms with Crippen LogP contribution in [0, 0.1) is 11.7 Å². The summed E-state index contributed by atoms with van der Waals surface area (Å²) in [4.78, 5) is 23.0. The fraction of sp³-hybridized carbons (Fsp3) is 0.238. The van der Waals surface area contributed by atoms with Gasteiger partial charge in [0.15, 0.2) is 5.78 Å². The van der Waals surface area contributed by atoms with E-state index in [2.05, 4.69) is 0 Å². The van der Waals surface area contributed by atoms with Gasteiger partial charge in [-0.1, -0.05) is 6.07 Å². The Hall–Kier alpha value is -2.95. The number of furan rings is 1. The van der Waals surface area contributed by atoms with Crippen molar-refractivity contribution in [3.63, 3.8) is 0 Å². The van der Waals surface area contributed by atoms with Crippen molar-refractivity contribution < 1.29 is 23.5 Å². The van der Waals surface area contributed by atoms with Gasteiger partial charge in [0.25, 0.3) is 0 Å². The monoisotopic (exact) mass is 352 g/mol. The summed E-state index contributed by atoms with van der Waals surface area (Å²) in [5, 5.41) is 9.56. The first-order valence-corrected chi connectivity index (χ1v) is 8.59.